The average Bonchev–Trinajstić information content (AvgIpc) is 3.22. The number of hydrogen-bond donors (Lipinski definition) is 1. The van der Waals surface area contributed by atoms with Crippen molar-refractivity contribution >= 4 is 5.91 Å². The summed E-state index contributed by atoms with van der Waals surface area (Å²) in [6, 6.07) is 8.26. The summed E-state index contributed by atoms with van der Waals surface area (Å²) in [4.78, 5) is 14.9. The number of likely N-dealkylation sites (tertiary alicyclic amines) is 1. The zero-order chi connectivity index (χ0) is 21.0. The lowest BCUT2D eigenvalue weighted by molar-refractivity contribution is -0.133. The normalized spacial score (nSPS) is 19.8. The van der Waals surface area contributed by atoms with Crippen molar-refractivity contribution in [3.63, 3.8) is 0 Å². The average molecular weight is 399 g/mol. The van der Waals surface area contributed by atoms with Crippen molar-refractivity contribution in [1.29, 1.82) is 0 Å². The van der Waals surface area contributed by atoms with Crippen LogP contribution in [0.2, 0.25) is 0 Å². The van der Waals surface area contributed by atoms with Crippen LogP contribution in [-0.2, 0) is 18.4 Å². The molecular formula is C23H34N4O2. The highest BCUT2D eigenvalue weighted by atomic mass is 16.5. The Morgan fingerprint density at radius 2 is 2.10 bits per heavy atom. The molecule has 1 N–H and O–H groups in total. The topological polar surface area (TPSA) is 59.4 Å². The summed E-state index contributed by atoms with van der Waals surface area (Å²) in [5.74, 6) is 1.34. The van der Waals surface area contributed by atoms with Crippen molar-refractivity contribution in [3.8, 4) is 5.75 Å². The number of hydrogen-bond acceptors (Lipinski definition) is 4. The second-order valence-corrected chi connectivity index (χ2v) is 8.92. The molecule has 1 aromatic heterocycles. The molecule has 1 aromatic carbocycles. The van der Waals surface area contributed by atoms with Crippen LogP contribution in [0.3, 0.4) is 0 Å². The van der Waals surface area contributed by atoms with Crippen LogP contribution in [0.15, 0.2) is 36.7 Å². The fourth-order valence-electron chi connectivity index (χ4n) is 4.16. The highest BCUT2D eigenvalue weighted by Crippen LogP contribution is 2.42. The summed E-state index contributed by atoms with van der Waals surface area (Å²) in [6.07, 6.45) is 5.48. The summed E-state index contributed by atoms with van der Waals surface area (Å²) in [5.41, 5.74) is 2.07. The van der Waals surface area contributed by atoms with Crippen molar-refractivity contribution in [3.05, 3.63) is 47.8 Å². The summed E-state index contributed by atoms with van der Waals surface area (Å²) in [5, 5.41) is 7.91. The number of nitrogens with zero attached hydrogens (tertiary/aromatic N) is 3. The minimum Gasteiger partial charge on any atom is -0.494 e. The number of amides is 1. The van der Waals surface area contributed by atoms with Crippen LogP contribution in [0, 0.1) is 5.92 Å². The van der Waals surface area contributed by atoms with Crippen LogP contribution in [-0.4, -0.2) is 39.3 Å². The van der Waals surface area contributed by atoms with Gasteiger partial charge in [0.05, 0.1) is 18.8 Å². The summed E-state index contributed by atoms with van der Waals surface area (Å²) >= 11 is 0. The molecule has 1 fully saturated rings. The van der Waals surface area contributed by atoms with E-state index in [4.69, 9.17) is 4.74 Å². The van der Waals surface area contributed by atoms with Gasteiger partial charge < -0.3 is 15.0 Å². The quantitative estimate of drug-likeness (QED) is 0.737. The first-order chi connectivity index (χ1) is 13.8. The zero-order valence-corrected chi connectivity index (χ0v) is 18.3. The van der Waals surface area contributed by atoms with Gasteiger partial charge in [-0.05, 0) is 44.9 Å². The number of aromatic nitrogens is 2. The van der Waals surface area contributed by atoms with Gasteiger partial charge in [-0.3, -0.25) is 9.48 Å². The van der Waals surface area contributed by atoms with Gasteiger partial charge in [0.1, 0.15) is 5.75 Å². The van der Waals surface area contributed by atoms with E-state index in [1.807, 2.05) is 41.2 Å². The molecule has 0 spiro atoms. The molecule has 6 nitrogen and oxygen atoms in total. The van der Waals surface area contributed by atoms with Gasteiger partial charge in [0.2, 0.25) is 5.91 Å². The molecule has 1 amide bonds. The minimum absolute atomic E-state index is 0.0444. The van der Waals surface area contributed by atoms with Gasteiger partial charge in [0.25, 0.3) is 0 Å². The van der Waals surface area contributed by atoms with E-state index in [0.717, 1.165) is 37.4 Å². The third-order valence-electron chi connectivity index (χ3n) is 5.33. The van der Waals surface area contributed by atoms with Gasteiger partial charge in [-0.2, -0.15) is 5.10 Å². The summed E-state index contributed by atoms with van der Waals surface area (Å²) < 4.78 is 7.54. The second kappa shape index (κ2) is 8.99. The van der Waals surface area contributed by atoms with Crippen LogP contribution in [0.25, 0.3) is 0 Å². The maximum Gasteiger partial charge on any atom is 0.223 e. The highest BCUT2D eigenvalue weighted by molar-refractivity contribution is 5.80. The molecule has 29 heavy (non-hydrogen) atoms. The first-order valence-corrected chi connectivity index (χ1v) is 10.5. The Morgan fingerprint density at radius 1 is 1.31 bits per heavy atom. The Kier molecular flexibility index (Phi) is 6.63. The number of carbonyl (C=O) groups is 1. The van der Waals surface area contributed by atoms with E-state index in [1.54, 1.807) is 0 Å². The molecule has 0 unspecified atom stereocenters. The van der Waals surface area contributed by atoms with E-state index >= 15 is 0 Å². The molecule has 2 aromatic rings. The number of nitrogens with one attached hydrogen (secondary N) is 1. The third kappa shape index (κ3) is 5.18. The first kappa shape index (κ1) is 21.4. The highest BCUT2D eigenvalue weighted by Gasteiger charge is 2.45. The van der Waals surface area contributed by atoms with Crippen molar-refractivity contribution in [2.75, 3.05) is 13.2 Å². The Morgan fingerprint density at radius 3 is 2.76 bits per heavy atom. The maximum absolute atomic E-state index is 12.9. The lowest BCUT2D eigenvalue weighted by atomic mass is 9.93. The van der Waals surface area contributed by atoms with Crippen LogP contribution in [0.4, 0.5) is 0 Å². The van der Waals surface area contributed by atoms with Crippen LogP contribution in [0.1, 0.15) is 57.7 Å². The van der Waals surface area contributed by atoms with E-state index in [0.29, 0.717) is 6.42 Å². The summed E-state index contributed by atoms with van der Waals surface area (Å²) in [6.45, 7) is 10.7. The van der Waals surface area contributed by atoms with Crippen molar-refractivity contribution in [2.45, 2.75) is 58.7 Å². The van der Waals surface area contributed by atoms with Gasteiger partial charge in [0, 0.05) is 49.8 Å². The van der Waals surface area contributed by atoms with E-state index in [9.17, 15) is 4.79 Å². The molecule has 2 atom stereocenters. The Balaban J connectivity index is 1.68. The zero-order valence-electron chi connectivity index (χ0n) is 18.3. The molecule has 3 rings (SSSR count). The number of aryl methyl sites for hydroxylation is 1. The monoisotopic (exact) mass is 398 g/mol. The van der Waals surface area contributed by atoms with Gasteiger partial charge in [0.15, 0.2) is 0 Å². The first-order valence-electron chi connectivity index (χ1n) is 10.5. The van der Waals surface area contributed by atoms with Gasteiger partial charge in [-0.25, -0.2) is 0 Å². The molecule has 0 bridgehead atoms. The number of carbonyl (C=O) groups excluding carboxylic acids is 1. The Labute approximate surface area is 174 Å². The molecule has 0 radical (unpaired) electrons. The molecule has 6 heteroatoms. The van der Waals surface area contributed by atoms with E-state index in [1.165, 1.54) is 5.56 Å². The lowest BCUT2D eigenvalue weighted by Gasteiger charge is -2.38. The fraction of sp³-hybridized carbons (Fsp3) is 0.565. The minimum atomic E-state index is -0.225. The molecule has 0 aliphatic carbocycles. The lowest BCUT2D eigenvalue weighted by Crippen LogP contribution is -2.44. The van der Waals surface area contributed by atoms with Crippen LogP contribution in [0.5, 0.6) is 5.75 Å². The third-order valence-corrected chi connectivity index (χ3v) is 5.33. The molecule has 1 aliphatic heterocycles. The summed E-state index contributed by atoms with van der Waals surface area (Å²) in [7, 11) is 1.92. The van der Waals surface area contributed by atoms with Crippen molar-refractivity contribution in [1.82, 2.24) is 20.0 Å². The predicted octanol–water partition coefficient (Wildman–Crippen LogP) is 3.69. The predicted molar refractivity (Wildman–Crippen MR) is 115 cm³/mol. The smallest absolute Gasteiger partial charge is 0.223 e. The van der Waals surface area contributed by atoms with Crippen LogP contribution >= 0.6 is 0 Å². The van der Waals surface area contributed by atoms with Gasteiger partial charge in [-0.1, -0.05) is 19.1 Å². The van der Waals surface area contributed by atoms with E-state index < -0.39 is 0 Å². The number of ether oxygens (including phenoxy) is 1. The molecule has 158 valence electrons. The maximum atomic E-state index is 12.9. The number of rotatable bonds is 8. The van der Waals surface area contributed by atoms with Crippen LogP contribution < -0.4 is 10.1 Å². The number of benzene rings is 1. The molecular weight excluding hydrogens is 364 g/mol. The standard InChI is InChI=1S/C23H34N4O2/c1-6-10-29-20-9-7-8-17(11-20)13-24-14-18-12-21(28)27(23(2,3)4)22(18)19-15-25-26(5)16-19/h7-9,11,15-16,18,22,24H,6,10,12-14H2,1-5H3/t18-,22+/m0/s1. The fourth-order valence-corrected chi connectivity index (χ4v) is 4.16. The van der Waals surface area contributed by atoms with Crippen molar-refractivity contribution < 1.29 is 9.53 Å². The SMILES string of the molecule is CCCOc1cccc(CNC[C@@H]2CC(=O)N(C(C)(C)C)[C@H]2c2cnn(C)c2)c1. The second-order valence-electron chi connectivity index (χ2n) is 8.92. The van der Waals surface area contributed by atoms with Gasteiger partial charge >= 0.3 is 0 Å². The van der Waals surface area contributed by atoms with Gasteiger partial charge in [-0.15, -0.1) is 0 Å². The van der Waals surface area contributed by atoms with E-state index in [-0.39, 0.29) is 23.4 Å². The molecule has 0 saturated carbocycles. The van der Waals surface area contributed by atoms with E-state index in [2.05, 4.69) is 50.2 Å². The Hall–Kier alpha value is -2.34. The molecule has 1 aliphatic rings. The molecule has 1 saturated heterocycles. The van der Waals surface area contributed by atoms with Crippen molar-refractivity contribution in [2.24, 2.45) is 13.0 Å². The largest absolute Gasteiger partial charge is 0.494 e. The molecule has 2 heterocycles. The Bertz CT molecular complexity index is 824.